The predicted molar refractivity (Wildman–Crippen MR) is 96.9 cm³/mol. The summed E-state index contributed by atoms with van der Waals surface area (Å²) in [5.41, 5.74) is 0.729. The Labute approximate surface area is 153 Å². The molecule has 1 aromatic rings. The summed E-state index contributed by atoms with van der Waals surface area (Å²) in [5.74, 6) is -0.327. The van der Waals surface area contributed by atoms with Crippen molar-refractivity contribution < 1.29 is 19.1 Å². The monoisotopic (exact) mass is 359 g/mol. The van der Waals surface area contributed by atoms with Crippen LogP contribution in [-0.2, 0) is 20.9 Å². The number of carbonyl (C=O) groups is 3. The summed E-state index contributed by atoms with van der Waals surface area (Å²) in [6.45, 7) is 6.11. The molecule has 2 rings (SSSR count). The van der Waals surface area contributed by atoms with E-state index in [1.54, 1.807) is 19.2 Å². The third-order valence-electron chi connectivity index (χ3n) is 3.80. The van der Waals surface area contributed by atoms with Gasteiger partial charge in [-0.3, -0.25) is 19.3 Å². The van der Waals surface area contributed by atoms with Crippen molar-refractivity contribution in [1.29, 1.82) is 0 Å². The molecule has 7 nitrogen and oxygen atoms in total. The summed E-state index contributed by atoms with van der Waals surface area (Å²) in [5, 5.41) is 5.32. The number of benzene rings is 1. The third kappa shape index (κ3) is 5.34. The van der Waals surface area contributed by atoms with Gasteiger partial charge in [-0.25, -0.2) is 0 Å². The van der Waals surface area contributed by atoms with Crippen molar-refractivity contribution in [1.82, 2.24) is 15.5 Å². The highest BCUT2D eigenvalue weighted by Crippen LogP contribution is 2.22. The number of hydrogen-bond donors (Lipinski definition) is 2. The Morgan fingerprint density at radius 1 is 1.23 bits per heavy atom. The van der Waals surface area contributed by atoms with E-state index in [-0.39, 0.29) is 42.6 Å². The number of carbonyl (C=O) groups excluding carboxylic acids is 3. The minimum absolute atomic E-state index is 0.00443. The number of nitrogens with one attached hydrogen (secondary N) is 2. The normalized spacial score (nSPS) is 14.4. The first-order valence-electron chi connectivity index (χ1n) is 8.40. The van der Waals surface area contributed by atoms with E-state index in [1.165, 1.54) is 4.90 Å². The fourth-order valence-corrected chi connectivity index (χ4v) is 2.47. The summed E-state index contributed by atoms with van der Waals surface area (Å²) in [6, 6.07) is 7.27. The van der Waals surface area contributed by atoms with Crippen LogP contribution in [0.25, 0.3) is 0 Å². The standard InChI is InChI=1S/C19H25N3O4/c1-19(2,3)10-17(24)22-12-21-16(23)9-15(22)18(25)20-11-13-5-7-14(26-4)8-6-13/h5-9H,10-12H2,1-4H3,(H,20,25)(H,21,23). The lowest BCUT2D eigenvalue weighted by molar-refractivity contribution is -0.136. The minimum Gasteiger partial charge on any atom is -0.497 e. The lowest BCUT2D eigenvalue weighted by Crippen LogP contribution is -2.49. The fraction of sp³-hybridized carbons (Fsp3) is 0.421. The van der Waals surface area contributed by atoms with Crippen LogP contribution in [0.3, 0.4) is 0 Å². The summed E-state index contributed by atoms with van der Waals surface area (Å²) in [7, 11) is 1.58. The molecule has 2 N–H and O–H groups in total. The highest BCUT2D eigenvalue weighted by molar-refractivity contribution is 6.04. The van der Waals surface area contributed by atoms with E-state index in [0.29, 0.717) is 0 Å². The molecule has 0 spiro atoms. The van der Waals surface area contributed by atoms with Crippen molar-refractivity contribution in [2.75, 3.05) is 13.8 Å². The first kappa shape index (κ1) is 19.5. The maximum Gasteiger partial charge on any atom is 0.268 e. The van der Waals surface area contributed by atoms with Crippen molar-refractivity contribution in [2.24, 2.45) is 5.41 Å². The van der Waals surface area contributed by atoms with Gasteiger partial charge < -0.3 is 15.4 Å². The van der Waals surface area contributed by atoms with E-state index >= 15 is 0 Å². The van der Waals surface area contributed by atoms with Gasteiger partial charge in [0.2, 0.25) is 11.8 Å². The topological polar surface area (TPSA) is 87.7 Å². The zero-order valence-electron chi connectivity index (χ0n) is 15.6. The van der Waals surface area contributed by atoms with Crippen LogP contribution < -0.4 is 15.4 Å². The number of methoxy groups -OCH3 is 1. The molecule has 1 aliphatic heterocycles. The molecule has 7 heteroatoms. The van der Waals surface area contributed by atoms with Gasteiger partial charge in [0.05, 0.1) is 13.8 Å². The molecule has 0 aliphatic carbocycles. The van der Waals surface area contributed by atoms with Gasteiger partial charge in [-0.1, -0.05) is 32.9 Å². The van der Waals surface area contributed by atoms with Gasteiger partial charge in [-0.05, 0) is 23.1 Å². The number of ether oxygens (including phenoxy) is 1. The summed E-state index contributed by atoms with van der Waals surface area (Å²) in [6.07, 6.45) is 1.43. The highest BCUT2D eigenvalue weighted by atomic mass is 16.5. The van der Waals surface area contributed by atoms with Crippen LogP contribution in [0.15, 0.2) is 36.0 Å². The van der Waals surface area contributed by atoms with Crippen LogP contribution in [0.1, 0.15) is 32.8 Å². The number of amides is 3. The molecule has 0 aromatic heterocycles. The van der Waals surface area contributed by atoms with Crippen molar-refractivity contribution in [3.8, 4) is 5.75 Å². The maximum atomic E-state index is 12.5. The van der Waals surface area contributed by atoms with Gasteiger partial charge in [0.15, 0.2) is 0 Å². The summed E-state index contributed by atoms with van der Waals surface area (Å²) in [4.78, 5) is 38.0. The molecular weight excluding hydrogens is 334 g/mol. The molecule has 0 unspecified atom stereocenters. The molecule has 0 fully saturated rings. The van der Waals surface area contributed by atoms with Crippen molar-refractivity contribution in [3.05, 3.63) is 41.6 Å². The van der Waals surface area contributed by atoms with E-state index in [1.807, 2.05) is 32.9 Å². The molecule has 1 aliphatic rings. The second-order valence-corrected chi connectivity index (χ2v) is 7.32. The van der Waals surface area contributed by atoms with Gasteiger partial charge in [0, 0.05) is 19.0 Å². The van der Waals surface area contributed by atoms with Crippen molar-refractivity contribution in [2.45, 2.75) is 33.7 Å². The Morgan fingerprint density at radius 2 is 1.88 bits per heavy atom. The van der Waals surface area contributed by atoms with Crippen LogP contribution in [-0.4, -0.2) is 36.4 Å². The zero-order valence-corrected chi connectivity index (χ0v) is 15.6. The van der Waals surface area contributed by atoms with E-state index < -0.39 is 5.91 Å². The molecule has 0 radical (unpaired) electrons. The van der Waals surface area contributed by atoms with E-state index in [0.717, 1.165) is 17.4 Å². The quantitative estimate of drug-likeness (QED) is 0.835. The smallest absolute Gasteiger partial charge is 0.268 e. The summed E-state index contributed by atoms with van der Waals surface area (Å²) >= 11 is 0. The first-order chi connectivity index (χ1) is 12.2. The van der Waals surface area contributed by atoms with Gasteiger partial charge in [0.1, 0.15) is 11.4 Å². The number of hydrogen-bond acceptors (Lipinski definition) is 4. The van der Waals surface area contributed by atoms with Gasteiger partial charge >= 0.3 is 0 Å². The average molecular weight is 359 g/mol. The molecule has 140 valence electrons. The lowest BCUT2D eigenvalue weighted by Gasteiger charge is -2.30. The highest BCUT2D eigenvalue weighted by Gasteiger charge is 2.30. The van der Waals surface area contributed by atoms with E-state index in [2.05, 4.69) is 10.6 Å². The molecule has 0 atom stereocenters. The van der Waals surface area contributed by atoms with Crippen LogP contribution in [0.2, 0.25) is 0 Å². The Balaban J connectivity index is 2.07. The fourth-order valence-electron chi connectivity index (χ4n) is 2.47. The Hall–Kier alpha value is -2.83. The SMILES string of the molecule is COc1ccc(CNC(=O)C2=CC(=O)NCN2C(=O)CC(C)(C)C)cc1. The molecule has 0 saturated heterocycles. The Bertz CT molecular complexity index is 717. The molecule has 1 heterocycles. The largest absolute Gasteiger partial charge is 0.497 e. The van der Waals surface area contributed by atoms with Crippen molar-refractivity contribution >= 4 is 17.7 Å². The van der Waals surface area contributed by atoms with Crippen LogP contribution in [0.5, 0.6) is 5.75 Å². The maximum absolute atomic E-state index is 12.5. The van der Waals surface area contributed by atoms with Crippen LogP contribution >= 0.6 is 0 Å². The van der Waals surface area contributed by atoms with E-state index in [9.17, 15) is 14.4 Å². The molecule has 0 saturated carbocycles. The Kier molecular flexibility index (Phi) is 6.02. The minimum atomic E-state index is -0.460. The molecular formula is C19H25N3O4. The molecule has 0 bridgehead atoms. The van der Waals surface area contributed by atoms with Crippen LogP contribution in [0, 0.1) is 5.41 Å². The second-order valence-electron chi connectivity index (χ2n) is 7.32. The number of nitrogens with zero attached hydrogens (tertiary/aromatic N) is 1. The van der Waals surface area contributed by atoms with Gasteiger partial charge in [-0.15, -0.1) is 0 Å². The molecule has 26 heavy (non-hydrogen) atoms. The lowest BCUT2D eigenvalue weighted by atomic mass is 9.91. The van der Waals surface area contributed by atoms with Gasteiger partial charge in [-0.2, -0.15) is 0 Å². The predicted octanol–water partition coefficient (Wildman–Crippen LogP) is 1.55. The van der Waals surface area contributed by atoms with Crippen LogP contribution in [0.4, 0.5) is 0 Å². The van der Waals surface area contributed by atoms with E-state index in [4.69, 9.17) is 4.74 Å². The Morgan fingerprint density at radius 3 is 2.46 bits per heavy atom. The number of rotatable bonds is 5. The molecule has 1 aromatic carbocycles. The zero-order chi connectivity index (χ0) is 19.3. The molecule has 3 amide bonds. The second kappa shape index (κ2) is 8.03. The average Bonchev–Trinajstić information content (AvgIpc) is 2.58. The first-order valence-corrected chi connectivity index (χ1v) is 8.40. The van der Waals surface area contributed by atoms with Gasteiger partial charge in [0.25, 0.3) is 5.91 Å². The summed E-state index contributed by atoms with van der Waals surface area (Å²) < 4.78 is 5.10. The van der Waals surface area contributed by atoms with Crippen molar-refractivity contribution in [3.63, 3.8) is 0 Å². The third-order valence-corrected chi connectivity index (χ3v) is 3.80.